The Labute approximate surface area is 50.7 Å². The molecule has 2 nitrogen and oxygen atoms in total. The Kier molecular flexibility index (Phi) is 1.86. The molecule has 48 valence electrons. The molecule has 2 heteroatoms. The van der Waals surface area contributed by atoms with Gasteiger partial charge in [-0.1, -0.05) is 6.92 Å². The molecule has 2 unspecified atom stereocenters. The molecule has 0 amide bonds. The average molecular weight is 114 g/mol. The second kappa shape index (κ2) is 2.46. The van der Waals surface area contributed by atoms with Gasteiger partial charge in [0.1, 0.15) is 0 Å². The fourth-order valence-corrected chi connectivity index (χ4v) is 0.840. The summed E-state index contributed by atoms with van der Waals surface area (Å²) in [4.78, 5) is 0. The second-order valence-corrected chi connectivity index (χ2v) is 2.55. The lowest BCUT2D eigenvalue weighted by atomic mass is 10.5. The highest BCUT2D eigenvalue weighted by Gasteiger charge is 2.31. The average Bonchev–Trinajstić information content (AvgIpc) is 2.42. The van der Waals surface area contributed by atoms with Gasteiger partial charge in [-0.05, 0) is 19.4 Å². The van der Waals surface area contributed by atoms with Gasteiger partial charge >= 0.3 is 0 Å². The van der Waals surface area contributed by atoms with Crippen LogP contribution < -0.4 is 10.6 Å². The molecule has 1 aliphatic carbocycles. The molecule has 0 spiro atoms. The summed E-state index contributed by atoms with van der Waals surface area (Å²) in [6.45, 7) is 3.22. The molecule has 2 N–H and O–H groups in total. The van der Waals surface area contributed by atoms with Crippen LogP contribution in [0.5, 0.6) is 0 Å². The van der Waals surface area contributed by atoms with Gasteiger partial charge in [-0.25, -0.2) is 0 Å². The summed E-state index contributed by atoms with van der Waals surface area (Å²) in [5.41, 5.74) is 0. The van der Waals surface area contributed by atoms with Gasteiger partial charge in [0.25, 0.3) is 0 Å². The third-order valence-electron chi connectivity index (χ3n) is 1.65. The second-order valence-electron chi connectivity index (χ2n) is 2.55. The maximum absolute atomic E-state index is 3.34. The molecule has 0 aromatic rings. The summed E-state index contributed by atoms with van der Waals surface area (Å²) in [7, 11) is 1.96. The lowest BCUT2D eigenvalue weighted by molar-refractivity contribution is 0.605. The van der Waals surface area contributed by atoms with Crippen molar-refractivity contribution in [1.82, 2.24) is 10.6 Å². The molecule has 8 heavy (non-hydrogen) atoms. The first-order valence-corrected chi connectivity index (χ1v) is 3.22. The lowest BCUT2D eigenvalue weighted by Crippen LogP contribution is -2.28. The normalized spacial score (nSPS) is 35.2. The zero-order valence-electron chi connectivity index (χ0n) is 5.57. The van der Waals surface area contributed by atoms with Crippen LogP contribution in [0.15, 0.2) is 0 Å². The van der Waals surface area contributed by atoms with Crippen LogP contribution in [0.25, 0.3) is 0 Å². The Morgan fingerprint density at radius 1 is 1.62 bits per heavy atom. The number of hydrogen-bond donors (Lipinski definition) is 2. The van der Waals surface area contributed by atoms with Gasteiger partial charge in [-0.15, -0.1) is 0 Å². The standard InChI is InChI=1S/C6H14N2/c1-5-3-6(5)8-4-7-2/h5-8H,3-4H2,1-2H3. The first-order valence-electron chi connectivity index (χ1n) is 3.22. The zero-order valence-corrected chi connectivity index (χ0v) is 5.57. The minimum atomic E-state index is 0.808. The summed E-state index contributed by atoms with van der Waals surface area (Å²) < 4.78 is 0. The van der Waals surface area contributed by atoms with E-state index in [-0.39, 0.29) is 0 Å². The highest BCUT2D eigenvalue weighted by molar-refractivity contribution is 4.88. The van der Waals surface area contributed by atoms with Gasteiger partial charge in [0, 0.05) is 12.7 Å². The lowest BCUT2D eigenvalue weighted by Gasteiger charge is -1.98. The highest BCUT2D eigenvalue weighted by Crippen LogP contribution is 2.28. The maximum Gasteiger partial charge on any atom is 0.0453 e. The summed E-state index contributed by atoms with van der Waals surface area (Å²) >= 11 is 0. The monoisotopic (exact) mass is 114 g/mol. The molecule has 2 atom stereocenters. The first kappa shape index (κ1) is 6.05. The Hall–Kier alpha value is -0.0800. The van der Waals surface area contributed by atoms with Crippen LogP contribution >= 0.6 is 0 Å². The smallest absolute Gasteiger partial charge is 0.0453 e. The van der Waals surface area contributed by atoms with Crippen molar-refractivity contribution < 1.29 is 0 Å². The predicted octanol–water partition coefficient (Wildman–Crippen LogP) is 0.161. The molecule has 0 bridgehead atoms. The van der Waals surface area contributed by atoms with Crippen LogP contribution in [-0.4, -0.2) is 19.8 Å². The van der Waals surface area contributed by atoms with Crippen molar-refractivity contribution in [3.8, 4) is 0 Å². The van der Waals surface area contributed by atoms with Crippen LogP contribution in [0.1, 0.15) is 13.3 Å². The van der Waals surface area contributed by atoms with E-state index < -0.39 is 0 Å². The molecule has 0 heterocycles. The first-order chi connectivity index (χ1) is 3.84. The van der Waals surface area contributed by atoms with Crippen LogP contribution in [0.4, 0.5) is 0 Å². The number of hydrogen-bond acceptors (Lipinski definition) is 2. The molecular formula is C6H14N2. The van der Waals surface area contributed by atoms with Gasteiger partial charge in [-0.2, -0.15) is 0 Å². The van der Waals surface area contributed by atoms with E-state index in [1.54, 1.807) is 0 Å². The third-order valence-corrected chi connectivity index (χ3v) is 1.65. The van der Waals surface area contributed by atoms with Crippen molar-refractivity contribution >= 4 is 0 Å². The molecule has 1 rings (SSSR count). The Morgan fingerprint density at radius 3 is 2.62 bits per heavy atom. The van der Waals surface area contributed by atoms with Gasteiger partial charge in [0.15, 0.2) is 0 Å². The number of nitrogens with one attached hydrogen (secondary N) is 2. The van der Waals surface area contributed by atoms with Gasteiger partial charge in [0.05, 0.1) is 0 Å². The van der Waals surface area contributed by atoms with Crippen molar-refractivity contribution in [3.63, 3.8) is 0 Å². The molecule has 0 aromatic carbocycles. The van der Waals surface area contributed by atoms with Gasteiger partial charge in [-0.3, -0.25) is 0 Å². The Bertz CT molecular complexity index is 72.9. The molecule has 0 aliphatic heterocycles. The topological polar surface area (TPSA) is 24.1 Å². The van der Waals surface area contributed by atoms with Crippen LogP contribution in [0, 0.1) is 5.92 Å². The molecule has 0 radical (unpaired) electrons. The quantitative estimate of drug-likeness (QED) is 0.511. The van der Waals surface area contributed by atoms with E-state index in [9.17, 15) is 0 Å². The molecule has 1 fully saturated rings. The Balaban J connectivity index is 1.89. The molecule has 0 aromatic heterocycles. The van der Waals surface area contributed by atoms with E-state index in [2.05, 4.69) is 17.6 Å². The molecule has 0 saturated heterocycles. The van der Waals surface area contributed by atoms with Crippen LogP contribution in [0.3, 0.4) is 0 Å². The molecule has 1 saturated carbocycles. The van der Waals surface area contributed by atoms with Crippen molar-refractivity contribution in [2.24, 2.45) is 5.92 Å². The minimum absolute atomic E-state index is 0.808. The van der Waals surface area contributed by atoms with Crippen molar-refractivity contribution in [2.45, 2.75) is 19.4 Å². The van der Waals surface area contributed by atoms with Crippen molar-refractivity contribution in [2.75, 3.05) is 13.7 Å². The van der Waals surface area contributed by atoms with E-state index >= 15 is 0 Å². The summed E-state index contributed by atoms with van der Waals surface area (Å²) in [5, 5.41) is 6.39. The summed E-state index contributed by atoms with van der Waals surface area (Å²) in [6.07, 6.45) is 1.36. The fourth-order valence-electron chi connectivity index (χ4n) is 0.840. The van der Waals surface area contributed by atoms with E-state index in [0.717, 1.165) is 18.6 Å². The maximum atomic E-state index is 3.34. The third kappa shape index (κ3) is 1.46. The van der Waals surface area contributed by atoms with Gasteiger partial charge < -0.3 is 10.6 Å². The van der Waals surface area contributed by atoms with Crippen molar-refractivity contribution in [1.29, 1.82) is 0 Å². The highest BCUT2D eigenvalue weighted by atomic mass is 15.1. The van der Waals surface area contributed by atoms with Crippen LogP contribution in [-0.2, 0) is 0 Å². The van der Waals surface area contributed by atoms with E-state index in [4.69, 9.17) is 0 Å². The molecular weight excluding hydrogens is 100 g/mol. The van der Waals surface area contributed by atoms with E-state index in [0.29, 0.717) is 0 Å². The fraction of sp³-hybridized carbons (Fsp3) is 1.00. The predicted molar refractivity (Wildman–Crippen MR) is 34.6 cm³/mol. The Morgan fingerprint density at radius 2 is 2.25 bits per heavy atom. The van der Waals surface area contributed by atoms with E-state index in [1.807, 2.05) is 7.05 Å². The molecule has 1 aliphatic rings. The summed E-state index contributed by atoms with van der Waals surface area (Å²) in [6, 6.07) is 0.808. The van der Waals surface area contributed by atoms with E-state index in [1.165, 1.54) is 6.42 Å². The summed E-state index contributed by atoms with van der Waals surface area (Å²) in [5.74, 6) is 0.920. The van der Waals surface area contributed by atoms with Crippen molar-refractivity contribution in [3.05, 3.63) is 0 Å². The van der Waals surface area contributed by atoms with Crippen LogP contribution in [0.2, 0.25) is 0 Å². The number of rotatable bonds is 3. The SMILES string of the molecule is CNCNC1CC1C. The minimum Gasteiger partial charge on any atom is -0.308 e. The van der Waals surface area contributed by atoms with Gasteiger partial charge in [0.2, 0.25) is 0 Å². The largest absolute Gasteiger partial charge is 0.308 e. The zero-order chi connectivity index (χ0) is 5.98.